The highest BCUT2D eigenvalue weighted by Gasteiger charge is 2.22. The van der Waals surface area contributed by atoms with Crippen molar-refractivity contribution in [2.75, 3.05) is 37.4 Å². The Labute approximate surface area is 110 Å². The Bertz CT molecular complexity index is 380. The van der Waals surface area contributed by atoms with Crippen molar-refractivity contribution in [3.63, 3.8) is 0 Å². The van der Waals surface area contributed by atoms with Crippen LogP contribution in [0.25, 0.3) is 0 Å². The van der Waals surface area contributed by atoms with E-state index in [0.717, 1.165) is 42.8 Å². The van der Waals surface area contributed by atoms with Crippen molar-refractivity contribution in [2.24, 2.45) is 5.92 Å². The number of nitrogen functional groups attached to an aromatic ring is 1. The minimum Gasteiger partial charge on any atom is -0.384 e. The maximum atomic E-state index is 5.76. The molecule has 1 aromatic heterocycles. The number of methoxy groups -OCH3 is 1. The zero-order valence-corrected chi connectivity index (χ0v) is 11.5. The lowest BCUT2D eigenvalue weighted by Gasteiger charge is -2.32. The summed E-state index contributed by atoms with van der Waals surface area (Å²) in [6.07, 6.45) is 3.77. The first-order valence-electron chi connectivity index (χ1n) is 5.72. The van der Waals surface area contributed by atoms with Crippen LogP contribution in [0.2, 0.25) is 0 Å². The Kier molecular flexibility index (Phi) is 4.17. The molecule has 2 heterocycles. The molecule has 2 N–H and O–H groups in total. The van der Waals surface area contributed by atoms with Crippen LogP contribution in [-0.4, -0.2) is 36.8 Å². The Morgan fingerprint density at radius 2 is 2.18 bits per heavy atom. The summed E-state index contributed by atoms with van der Waals surface area (Å²) in [4.78, 5) is 10.5. The zero-order valence-electron chi connectivity index (χ0n) is 9.90. The minimum absolute atomic E-state index is 0.494. The molecule has 1 fully saturated rings. The molecule has 1 aromatic rings. The zero-order chi connectivity index (χ0) is 12.3. The first-order valence-corrected chi connectivity index (χ1v) is 6.51. The van der Waals surface area contributed by atoms with Crippen LogP contribution in [-0.2, 0) is 4.74 Å². The lowest BCUT2D eigenvalue weighted by atomic mass is 9.98. The Morgan fingerprint density at radius 1 is 1.47 bits per heavy atom. The quantitative estimate of drug-likeness (QED) is 0.920. The van der Waals surface area contributed by atoms with E-state index in [1.807, 2.05) is 0 Å². The minimum atomic E-state index is 0.494. The van der Waals surface area contributed by atoms with Crippen molar-refractivity contribution in [1.82, 2.24) is 9.97 Å². The fourth-order valence-electron chi connectivity index (χ4n) is 2.14. The maximum absolute atomic E-state index is 5.76. The van der Waals surface area contributed by atoms with Gasteiger partial charge in [-0.1, -0.05) is 0 Å². The number of nitrogens with two attached hydrogens (primary N) is 1. The fraction of sp³-hybridized carbons (Fsp3) is 0.636. The van der Waals surface area contributed by atoms with E-state index < -0.39 is 0 Å². The third-order valence-corrected chi connectivity index (χ3v) is 3.88. The van der Waals surface area contributed by atoms with Crippen molar-refractivity contribution in [1.29, 1.82) is 0 Å². The van der Waals surface area contributed by atoms with Gasteiger partial charge in [0.2, 0.25) is 0 Å². The summed E-state index contributed by atoms with van der Waals surface area (Å²) in [5.74, 6) is 2.05. The molecule has 0 atom stereocenters. The lowest BCUT2D eigenvalue weighted by molar-refractivity contribution is 0.139. The lowest BCUT2D eigenvalue weighted by Crippen LogP contribution is -2.35. The third-order valence-electron chi connectivity index (χ3n) is 3.11. The number of piperidine rings is 1. The number of aromatic nitrogens is 2. The van der Waals surface area contributed by atoms with Gasteiger partial charge in [-0.05, 0) is 34.7 Å². The molecule has 1 aliphatic heterocycles. The fourth-order valence-corrected chi connectivity index (χ4v) is 2.60. The molecule has 6 heteroatoms. The first kappa shape index (κ1) is 12.6. The van der Waals surface area contributed by atoms with E-state index in [9.17, 15) is 0 Å². The van der Waals surface area contributed by atoms with E-state index in [0.29, 0.717) is 11.7 Å². The van der Waals surface area contributed by atoms with E-state index in [1.165, 1.54) is 6.33 Å². The molecule has 1 aliphatic rings. The van der Waals surface area contributed by atoms with Crippen LogP contribution < -0.4 is 10.6 Å². The normalized spacial score (nSPS) is 17.4. The number of hydrogen-bond donors (Lipinski definition) is 1. The second-order valence-electron chi connectivity index (χ2n) is 4.28. The van der Waals surface area contributed by atoms with Gasteiger partial charge in [-0.15, -0.1) is 0 Å². The summed E-state index contributed by atoms with van der Waals surface area (Å²) in [5.41, 5.74) is 5.76. The highest BCUT2D eigenvalue weighted by atomic mass is 79.9. The average molecular weight is 301 g/mol. The highest BCUT2D eigenvalue weighted by molar-refractivity contribution is 9.10. The monoisotopic (exact) mass is 300 g/mol. The molecule has 0 saturated carbocycles. The molecular formula is C11H17BrN4O. The molecule has 0 bridgehead atoms. The predicted molar refractivity (Wildman–Crippen MR) is 71.0 cm³/mol. The van der Waals surface area contributed by atoms with E-state index in [1.54, 1.807) is 7.11 Å². The van der Waals surface area contributed by atoms with Gasteiger partial charge in [-0.3, -0.25) is 0 Å². The summed E-state index contributed by atoms with van der Waals surface area (Å²) in [6.45, 7) is 2.83. The maximum Gasteiger partial charge on any atom is 0.148 e. The Hall–Kier alpha value is -0.880. The molecule has 2 rings (SSSR count). The first-order chi connectivity index (χ1) is 8.22. The molecule has 0 amide bonds. The van der Waals surface area contributed by atoms with Gasteiger partial charge in [-0.2, -0.15) is 0 Å². The number of hydrogen-bond acceptors (Lipinski definition) is 5. The standard InChI is InChI=1S/C11H17BrN4O/c1-17-6-8-2-4-16(5-3-8)11-9(12)10(13)14-7-15-11/h7-8H,2-6H2,1H3,(H2,13,14,15). The summed E-state index contributed by atoms with van der Waals surface area (Å²) < 4.78 is 5.99. The van der Waals surface area contributed by atoms with Crippen molar-refractivity contribution in [3.8, 4) is 0 Å². The molecule has 1 saturated heterocycles. The number of anilines is 2. The van der Waals surface area contributed by atoms with Gasteiger partial charge in [0.05, 0.1) is 0 Å². The summed E-state index contributed by atoms with van der Waals surface area (Å²) in [6, 6.07) is 0. The van der Waals surface area contributed by atoms with Gasteiger partial charge in [0.15, 0.2) is 0 Å². The number of halogens is 1. The van der Waals surface area contributed by atoms with Crippen LogP contribution in [0.1, 0.15) is 12.8 Å². The molecule has 5 nitrogen and oxygen atoms in total. The molecule has 94 valence electrons. The number of ether oxygens (including phenoxy) is 1. The van der Waals surface area contributed by atoms with Crippen LogP contribution in [0.3, 0.4) is 0 Å². The van der Waals surface area contributed by atoms with E-state index >= 15 is 0 Å². The van der Waals surface area contributed by atoms with E-state index in [-0.39, 0.29) is 0 Å². The predicted octanol–water partition coefficient (Wildman–Crippen LogP) is 1.68. The van der Waals surface area contributed by atoms with Gasteiger partial charge < -0.3 is 15.4 Å². The smallest absolute Gasteiger partial charge is 0.148 e. The van der Waals surface area contributed by atoms with Crippen molar-refractivity contribution in [2.45, 2.75) is 12.8 Å². The van der Waals surface area contributed by atoms with E-state index in [2.05, 4.69) is 30.8 Å². The highest BCUT2D eigenvalue weighted by Crippen LogP contribution is 2.30. The molecular weight excluding hydrogens is 284 g/mol. The van der Waals surface area contributed by atoms with Gasteiger partial charge >= 0.3 is 0 Å². The van der Waals surface area contributed by atoms with Gasteiger partial charge in [0, 0.05) is 26.8 Å². The largest absolute Gasteiger partial charge is 0.384 e. The number of nitrogens with zero attached hydrogens (tertiary/aromatic N) is 3. The summed E-state index contributed by atoms with van der Waals surface area (Å²) >= 11 is 3.45. The van der Waals surface area contributed by atoms with Crippen LogP contribution >= 0.6 is 15.9 Å². The van der Waals surface area contributed by atoms with Crippen LogP contribution in [0, 0.1) is 5.92 Å². The van der Waals surface area contributed by atoms with Crippen LogP contribution in [0.15, 0.2) is 10.8 Å². The van der Waals surface area contributed by atoms with Gasteiger partial charge in [-0.25, -0.2) is 9.97 Å². The summed E-state index contributed by atoms with van der Waals surface area (Å²) in [7, 11) is 1.76. The average Bonchev–Trinajstić information content (AvgIpc) is 2.34. The summed E-state index contributed by atoms with van der Waals surface area (Å²) in [5, 5.41) is 0. The second-order valence-corrected chi connectivity index (χ2v) is 5.08. The molecule has 0 unspecified atom stereocenters. The van der Waals surface area contributed by atoms with Crippen molar-refractivity contribution >= 4 is 27.6 Å². The molecule has 17 heavy (non-hydrogen) atoms. The van der Waals surface area contributed by atoms with Crippen molar-refractivity contribution < 1.29 is 4.74 Å². The Balaban J connectivity index is 2.03. The van der Waals surface area contributed by atoms with Crippen molar-refractivity contribution in [3.05, 3.63) is 10.8 Å². The third kappa shape index (κ3) is 2.87. The van der Waals surface area contributed by atoms with Gasteiger partial charge in [0.1, 0.15) is 22.4 Å². The van der Waals surface area contributed by atoms with E-state index in [4.69, 9.17) is 10.5 Å². The molecule has 0 spiro atoms. The van der Waals surface area contributed by atoms with Crippen LogP contribution in [0.5, 0.6) is 0 Å². The van der Waals surface area contributed by atoms with Crippen LogP contribution in [0.4, 0.5) is 11.6 Å². The topological polar surface area (TPSA) is 64.3 Å². The number of rotatable bonds is 3. The molecule has 0 radical (unpaired) electrons. The Morgan fingerprint density at radius 3 is 2.82 bits per heavy atom. The SMILES string of the molecule is COCC1CCN(c2ncnc(N)c2Br)CC1. The molecule has 0 aliphatic carbocycles. The molecule has 0 aromatic carbocycles. The van der Waals surface area contributed by atoms with Gasteiger partial charge in [0.25, 0.3) is 0 Å². The second kappa shape index (κ2) is 5.64.